The maximum atomic E-state index is 14.0. The lowest BCUT2D eigenvalue weighted by atomic mass is 9.91. The van der Waals surface area contributed by atoms with Crippen LogP contribution in [0.2, 0.25) is 0 Å². The average Bonchev–Trinajstić information content (AvgIpc) is 3.58. The fraction of sp³-hybridized carbons (Fsp3) is 0.500. The van der Waals surface area contributed by atoms with Crippen molar-refractivity contribution in [3.63, 3.8) is 0 Å². The van der Waals surface area contributed by atoms with Crippen molar-refractivity contribution in [2.45, 2.75) is 77.0 Å². The first-order valence-electron chi connectivity index (χ1n) is 13.2. The van der Waals surface area contributed by atoms with Crippen molar-refractivity contribution in [3.05, 3.63) is 42.1 Å². The van der Waals surface area contributed by atoms with Crippen molar-refractivity contribution in [3.8, 4) is 17.0 Å². The summed E-state index contributed by atoms with van der Waals surface area (Å²) in [4.78, 5) is 37.2. The maximum Gasteiger partial charge on any atom is 0.407 e. The molecule has 2 fully saturated rings. The Hall–Kier alpha value is -3.69. The Morgan fingerprint density at radius 1 is 1.05 bits per heavy atom. The highest BCUT2D eigenvalue weighted by Crippen LogP contribution is 2.36. The monoisotopic (exact) mass is 523 g/mol. The summed E-state index contributed by atoms with van der Waals surface area (Å²) in [6.45, 7) is 6.04. The number of hydrogen-bond acceptors (Lipinski definition) is 6. The first kappa shape index (κ1) is 25.9. The topological polar surface area (TPSA) is 118 Å². The van der Waals surface area contributed by atoms with Crippen molar-refractivity contribution < 1.29 is 23.5 Å². The number of H-pyrrole nitrogens is 1. The van der Waals surface area contributed by atoms with Gasteiger partial charge in [0, 0.05) is 29.9 Å². The Balaban J connectivity index is 1.26. The van der Waals surface area contributed by atoms with Gasteiger partial charge in [0.1, 0.15) is 34.7 Å². The van der Waals surface area contributed by atoms with E-state index in [2.05, 4.69) is 25.6 Å². The molecule has 0 saturated heterocycles. The highest BCUT2D eigenvalue weighted by Gasteiger charge is 2.27. The van der Waals surface area contributed by atoms with Crippen LogP contribution in [0.1, 0.15) is 69.7 Å². The number of alkyl carbamates (subject to hydrolysis) is 1. The second-order valence-electron chi connectivity index (χ2n) is 11.2. The Morgan fingerprint density at radius 3 is 2.45 bits per heavy atom. The second kappa shape index (κ2) is 10.6. The molecule has 2 amide bonds. The predicted molar refractivity (Wildman–Crippen MR) is 140 cm³/mol. The molecule has 2 saturated carbocycles. The van der Waals surface area contributed by atoms with E-state index in [0.29, 0.717) is 46.1 Å². The Kier molecular flexibility index (Phi) is 7.23. The van der Waals surface area contributed by atoms with Crippen LogP contribution in [0.5, 0.6) is 5.75 Å². The van der Waals surface area contributed by atoms with Crippen molar-refractivity contribution in [1.82, 2.24) is 25.6 Å². The van der Waals surface area contributed by atoms with E-state index in [4.69, 9.17) is 9.47 Å². The van der Waals surface area contributed by atoms with E-state index in [1.54, 1.807) is 12.3 Å². The lowest BCUT2D eigenvalue weighted by Gasteiger charge is -2.30. The van der Waals surface area contributed by atoms with Gasteiger partial charge in [0.2, 0.25) is 0 Å². The molecular weight excluding hydrogens is 489 g/mol. The van der Waals surface area contributed by atoms with Crippen molar-refractivity contribution in [2.75, 3.05) is 6.61 Å². The van der Waals surface area contributed by atoms with E-state index >= 15 is 0 Å². The molecule has 3 N–H and O–H groups in total. The molecule has 38 heavy (non-hydrogen) atoms. The summed E-state index contributed by atoms with van der Waals surface area (Å²) in [5.41, 5.74) is 2.15. The minimum Gasteiger partial charge on any atom is -0.492 e. The summed E-state index contributed by atoms with van der Waals surface area (Å²) >= 11 is 0. The standard InChI is InChI=1S/C28H34FN5O4/c1-28(2,3)38-27(36)34-19-9-7-18(8-10-19)33-26(35)21-13-30-25-23(31-15-32-24(21)25)20-11-6-17(29)12-22(20)37-14-16-4-5-16/h6,11-13,15-16,18-19,30H,4-5,7-10,14H2,1-3H3,(H,33,35)(H,34,36). The molecule has 2 aliphatic rings. The minimum atomic E-state index is -0.542. The summed E-state index contributed by atoms with van der Waals surface area (Å²) in [6, 6.07) is 4.40. The van der Waals surface area contributed by atoms with Gasteiger partial charge in [0.05, 0.1) is 17.7 Å². The number of nitrogens with zero attached hydrogens (tertiary/aromatic N) is 2. The third-order valence-corrected chi connectivity index (χ3v) is 6.86. The molecule has 0 bridgehead atoms. The molecule has 3 aromatic rings. The number of hydrogen-bond donors (Lipinski definition) is 3. The molecule has 0 atom stereocenters. The number of nitrogens with one attached hydrogen (secondary N) is 3. The predicted octanol–water partition coefficient (Wildman–Crippen LogP) is 5.12. The highest BCUT2D eigenvalue weighted by molar-refractivity contribution is 6.07. The van der Waals surface area contributed by atoms with Crippen LogP contribution in [0.15, 0.2) is 30.7 Å². The summed E-state index contributed by atoms with van der Waals surface area (Å²) in [5.74, 6) is 0.330. The van der Waals surface area contributed by atoms with Gasteiger partial charge in [-0.05, 0) is 77.3 Å². The quantitative estimate of drug-likeness (QED) is 0.396. The third-order valence-electron chi connectivity index (χ3n) is 6.86. The number of benzene rings is 1. The van der Waals surface area contributed by atoms with E-state index < -0.39 is 11.7 Å². The fourth-order valence-corrected chi connectivity index (χ4v) is 4.74. The van der Waals surface area contributed by atoms with Gasteiger partial charge in [0.15, 0.2) is 0 Å². The number of carbonyl (C=O) groups excluding carboxylic acids is 2. The van der Waals surface area contributed by atoms with Crippen molar-refractivity contribution in [1.29, 1.82) is 0 Å². The molecule has 0 spiro atoms. The van der Waals surface area contributed by atoms with E-state index in [1.165, 1.54) is 18.5 Å². The van der Waals surface area contributed by atoms with Gasteiger partial charge < -0.3 is 25.1 Å². The van der Waals surface area contributed by atoms with Crippen molar-refractivity contribution >= 4 is 23.0 Å². The lowest BCUT2D eigenvalue weighted by molar-refractivity contribution is 0.0488. The molecule has 0 unspecified atom stereocenters. The van der Waals surface area contributed by atoms with Gasteiger partial charge in [-0.1, -0.05) is 0 Å². The van der Waals surface area contributed by atoms with Gasteiger partial charge >= 0.3 is 6.09 Å². The average molecular weight is 524 g/mol. The normalized spacial score (nSPS) is 19.7. The largest absolute Gasteiger partial charge is 0.492 e. The zero-order chi connectivity index (χ0) is 26.9. The summed E-state index contributed by atoms with van der Waals surface area (Å²) in [7, 11) is 0. The van der Waals surface area contributed by atoms with Crippen LogP contribution in [0.4, 0.5) is 9.18 Å². The molecule has 202 valence electrons. The molecule has 9 nitrogen and oxygen atoms in total. The third kappa shape index (κ3) is 6.23. The van der Waals surface area contributed by atoms with E-state index in [9.17, 15) is 14.0 Å². The number of aromatic amines is 1. The Morgan fingerprint density at radius 2 is 1.76 bits per heavy atom. The van der Waals surface area contributed by atoms with E-state index in [1.807, 2.05) is 20.8 Å². The van der Waals surface area contributed by atoms with Crippen LogP contribution in [0, 0.1) is 11.7 Å². The molecular formula is C28H34FN5O4. The molecule has 2 aromatic heterocycles. The SMILES string of the molecule is CC(C)(C)OC(=O)NC1CCC(NC(=O)c2c[nH]c3c(-c4ccc(F)cc4OCC4CC4)ncnc23)CC1. The molecule has 2 heterocycles. The molecule has 10 heteroatoms. The fourth-order valence-electron chi connectivity index (χ4n) is 4.74. The number of rotatable bonds is 7. The number of fused-ring (bicyclic) bond motifs is 1. The summed E-state index contributed by atoms with van der Waals surface area (Å²) in [6.07, 6.45) is 7.85. The molecule has 2 aliphatic carbocycles. The van der Waals surface area contributed by atoms with Crippen LogP contribution < -0.4 is 15.4 Å². The summed E-state index contributed by atoms with van der Waals surface area (Å²) in [5, 5.41) is 6.03. The van der Waals surface area contributed by atoms with Gasteiger partial charge in [-0.25, -0.2) is 19.2 Å². The van der Waals surface area contributed by atoms with Crippen LogP contribution in [-0.2, 0) is 4.74 Å². The molecule has 5 rings (SSSR count). The number of ether oxygens (including phenoxy) is 2. The van der Waals surface area contributed by atoms with E-state index in [-0.39, 0.29) is 23.8 Å². The van der Waals surface area contributed by atoms with Gasteiger partial charge in [-0.3, -0.25) is 4.79 Å². The van der Waals surface area contributed by atoms with Crippen LogP contribution in [0.25, 0.3) is 22.3 Å². The van der Waals surface area contributed by atoms with Gasteiger partial charge in [-0.15, -0.1) is 0 Å². The van der Waals surface area contributed by atoms with E-state index in [0.717, 1.165) is 38.5 Å². The van der Waals surface area contributed by atoms with Crippen molar-refractivity contribution in [2.24, 2.45) is 5.92 Å². The first-order valence-corrected chi connectivity index (χ1v) is 13.2. The zero-order valence-electron chi connectivity index (χ0n) is 22.0. The first-order chi connectivity index (χ1) is 18.2. The van der Waals surface area contributed by atoms with Gasteiger partial charge in [-0.2, -0.15) is 0 Å². The zero-order valence-corrected chi connectivity index (χ0v) is 22.0. The minimum absolute atomic E-state index is 0.00929. The van der Waals surface area contributed by atoms with Crippen LogP contribution in [0.3, 0.4) is 0 Å². The maximum absolute atomic E-state index is 14.0. The number of carbonyl (C=O) groups is 2. The number of amides is 2. The molecule has 1 aromatic carbocycles. The highest BCUT2D eigenvalue weighted by atomic mass is 19.1. The summed E-state index contributed by atoms with van der Waals surface area (Å²) < 4.78 is 25.3. The Bertz CT molecular complexity index is 1320. The number of halogens is 1. The lowest BCUT2D eigenvalue weighted by Crippen LogP contribution is -2.45. The second-order valence-corrected chi connectivity index (χ2v) is 11.2. The van der Waals surface area contributed by atoms with Crippen LogP contribution in [-0.4, -0.2) is 51.2 Å². The smallest absolute Gasteiger partial charge is 0.407 e. The molecule has 0 aliphatic heterocycles. The Labute approximate surface area is 220 Å². The molecule has 0 radical (unpaired) electrons. The number of aromatic nitrogens is 3. The van der Waals surface area contributed by atoms with Crippen LogP contribution >= 0.6 is 0 Å². The van der Waals surface area contributed by atoms with Gasteiger partial charge in [0.25, 0.3) is 5.91 Å².